The zero-order chi connectivity index (χ0) is 7.61. The molecule has 10 heavy (non-hydrogen) atoms. The maximum Gasteiger partial charge on any atom is -0.00425 e. The number of hydrogen-bond donors (Lipinski definition) is 1. The molecule has 0 atom stereocenters. The van der Waals surface area contributed by atoms with Crippen LogP contribution in [0.3, 0.4) is 0 Å². The number of nitrogens with two attached hydrogens (primary N) is 1. The van der Waals surface area contributed by atoms with Gasteiger partial charge in [-0.15, -0.1) is 0 Å². The zero-order valence-corrected chi connectivity index (χ0v) is 6.98. The van der Waals surface area contributed by atoms with Gasteiger partial charge in [0.15, 0.2) is 0 Å². The first kappa shape index (κ1) is 7.80. The molecule has 1 rings (SSSR count). The Balaban J connectivity index is 2.39. The average molecular weight is 139 g/mol. The van der Waals surface area contributed by atoms with Gasteiger partial charge in [-0.05, 0) is 38.1 Å². The Morgan fingerprint density at radius 1 is 1.60 bits per heavy atom. The normalized spacial score (nSPS) is 22.9. The summed E-state index contributed by atoms with van der Waals surface area (Å²) in [7, 11) is 0. The van der Waals surface area contributed by atoms with Gasteiger partial charge < -0.3 is 5.73 Å². The van der Waals surface area contributed by atoms with E-state index >= 15 is 0 Å². The van der Waals surface area contributed by atoms with E-state index in [-0.39, 0.29) is 0 Å². The maximum atomic E-state index is 5.40. The van der Waals surface area contributed by atoms with E-state index in [4.69, 9.17) is 5.73 Å². The fourth-order valence-corrected chi connectivity index (χ4v) is 1.13. The molecule has 0 saturated heterocycles. The van der Waals surface area contributed by atoms with E-state index in [9.17, 15) is 0 Å². The summed E-state index contributed by atoms with van der Waals surface area (Å²) < 4.78 is 0. The second kappa shape index (κ2) is 2.75. The second-order valence-electron chi connectivity index (χ2n) is 3.53. The minimum absolute atomic E-state index is 0.565. The molecule has 2 N–H and O–H groups in total. The minimum atomic E-state index is 0.565. The molecule has 1 aliphatic carbocycles. The first-order valence-electron chi connectivity index (χ1n) is 4.06. The van der Waals surface area contributed by atoms with Crippen LogP contribution < -0.4 is 5.73 Å². The molecule has 58 valence electrons. The molecule has 0 bridgehead atoms. The lowest BCUT2D eigenvalue weighted by Crippen LogP contribution is -1.99. The highest BCUT2D eigenvalue weighted by atomic mass is 14.5. The predicted octanol–water partition coefficient (Wildman–Crippen LogP) is 2.08. The third-order valence-electron chi connectivity index (χ3n) is 2.57. The lowest BCUT2D eigenvalue weighted by atomic mass is 9.99. The molecule has 1 heteroatoms. The monoisotopic (exact) mass is 139 g/mol. The van der Waals surface area contributed by atoms with Gasteiger partial charge in [0.1, 0.15) is 0 Å². The fourth-order valence-electron chi connectivity index (χ4n) is 1.13. The summed E-state index contributed by atoms with van der Waals surface area (Å²) in [5.74, 6) is 0. The van der Waals surface area contributed by atoms with Crippen LogP contribution in [0.5, 0.6) is 0 Å². The minimum Gasteiger partial charge on any atom is -0.330 e. The maximum absolute atomic E-state index is 5.40. The lowest BCUT2D eigenvalue weighted by molar-refractivity contribution is 0.682. The highest BCUT2D eigenvalue weighted by Crippen LogP contribution is 2.51. The van der Waals surface area contributed by atoms with Crippen LogP contribution in [0, 0.1) is 5.41 Å². The van der Waals surface area contributed by atoms with Crippen molar-refractivity contribution in [3.8, 4) is 0 Å². The van der Waals surface area contributed by atoms with E-state index in [1.54, 1.807) is 0 Å². The molecule has 0 aromatic carbocycles. The molecule has 1 fully saturated rings. The molecule has 0 heterocycles. The van der Waals surface area contributed by atoms with Crippen LogP contribution in [0.1, 0.15) is 33.1 Å². The Morgan fingerprint density at radius 2 is 2.20 bits per heavy atom. The highest BCUT2D eigenvalue weighted by molar-refractivity contribution is 5.17. The summed E-state index contributed by atoms with van der Waals surface area (Å²) in [6.45, 7) is 5.34. The number of allylic oxidation sites excluding steroid dienone is 1. The predicted molar refractivity (Wildman–Crippen MR) is 44.8 cm³/mol. The smallest absolute Gasteiger partial charge is 0.00425 e. The molecule has 0 aromatic rings. The lowest BCUT2D eigenvalue weighted by Gasteiger charge is -2.07. The molecule has 0 aliphatic heterocycles. The fraction of sp³-hybridized carbons (Fsp3) is 0.778. The van der Waals surface area contributed by atoms with Crippen molar-refractivity contribution >= 4 is 0 Å². The van der Waals surface area contributed by atoms with Crippen molar-refractivity contribution in [1.82, 2.24) is 0 Å². The van der Waals surface area contributed by atoms with Crippen molar-refractivity contribution in [2.45, 2.75) is 33.1 Å². The number of rotatable bonds is 3. The Morgan fingerprint density at radius 3 is 2.60 bits per heavy atom. The van der Waals surface area contributed by atoms with Gasteiger partial charge in [-0.25, -0.2) is 0 Å². The van der Waals surface area contributed by atoms with Gasteiger partial charge in [-0.3, -0.25) is 0 Å². The van der Waals surface area contributed by atoms with E-state index in [2.05, 4.69) is 19.9 Å². The second-order valence-corrected chi connectivity index (χ2v) is 3.53. The van der Waals surface area contributed by atoms with E-state index in [0.29, 0.717) is 5.41 Å². The first-order valence-corrected chi connectivity index (χ1v) is 4.06. The summed E-state index contributed by atoms with van der Waals surface area (Å²) in [5, 5.41) is 0. The molecule has 0 aromatic heterocycles. The highest BCUT2D eigenvalue weighted by Gasteiger charge is 2.38. The topological polar surface area (TPSA) is 26.0 Å². The van der Waals surface area contributed by atoms with Crippen LogP contribution in [-0.2, 0) is 0 Å². The van der Waals surface area contributed by atoms with E-state index < -0.39 is 0 Å². The standard InChI is InChI=1S/C9H17N/c1-8(4-3-7-10)9(2)5-6-9/h4H,3,5-7,10H2,1-2H3. The molecule has 1 saturated carbocycles. The third kappa shape index (κ3) is 1.60. The van der Waals surface area contributed by atoms with Gasteiger partial charge in [0.05, 0.1) is 0 Å². The molecule has 0 unspecified atom stereocenters. The van der Waals surface area contributed by atoms with Gasteiger partial charge in [-0.2, -0.15) is 0 Å². The van der Waals surface area contributed by atoms with Crippen LogP contribution in [0.15, 0.2) is 11.6 Å². The molecule has 1 aliphatic rings. The van der Waals surface area contributed by atoms with Gasteiger partial charge >= 0.3 is 0 Å². The van der Waals surface area contributed by atoms with Crippen LogP contribution in [-0.4, -0.2) is 6.54 Å². The summed E-state index contributed by atoms with van der Waals surface area (Å²) in [6.07, 6.45) is 6.08. The Kier molecular flexibility index (Phi) is 2.14. The van der Waals surface area contributed by atoms with Crippen molar-refractivity contribution in [3.05, 3.63) is 11.6 Å². The SMILES string of the molecule is CC(=CCCN)C1(C)CC1. The first-order chi connectivity index (χ1) is 4.69. The Hall–Kier alpha value is -0.300. The molecule has 0 amide bonds. The summed E-state index contributed by atoms with van der Waals surface area (Å²) in [6, 6.07) is 0. The van der Waals surface area contributed by atoms with Gasteiger partial charge in [0, 0.05) is 0 Å². The van der Waals surface area contributed by atoms with E-state index in [0.717, 1.165) is 13.0 Å². The Labute approximate surface area is 63.3 Å². The van der Waals surface area contributed by atoms with Crippen LogP contribution in [0.25, 0.3) is 0 Å². The van der Waals surface area contributed by atoms with Crippen LogP contribution >= 0.6 is 0 Å². The number of hydrogen-bond acceptors (Lipinski definition) is 1. The zero-order valence-electron chi connectivity index (χ0n) is 6.98. The summed E-state index contributed by atoms with van der Waals surface area (Å²) in [5.41, 5.74) is 7.50. The van der Waals surface area contributed by atoms with Crippen molar-refractivity contribution in [2.24, 2.45) is 11.1 Å². The van der Waals surface area contributed by atoms with Crippen LogP contribution in [0.2, 0.25) is 0 Å². The van der Waals surface area contributed by atoms with Crippen molar-refractivity contribution in [3.63, 3.8) is 0 Å². The van der Waals surface area contributed by atoms with Gasteiger partial charge in [0.2, 0.25) is 0 Å². The molecule has 0 radical (unpaired) electrons. The largest absolute Gasteiger partial charge is 0.330 e. The molecular formula is C9H17N. The van der Waals surface area contributed by atoms with Gasteiger partial charge in [0.25, 0.3) is 0 Å². The van der Waals surface area contributed by atoms with E-state index in [1.807, 2.05) is 0 Å². The third-order valence-corrected chi connectivity index (χ3v) is 2.57. The van der Waals surface area contributed by atoms with Crippen molar-refractivity contribution < 1.29 is 0 Å². The Bertz CT molecular complexity index is 143. The molecule has 0 spiro atoms. The molecule has 1 nitrogen and oxygen atoms in total. The summed E-state index contributed by atoms with van der Waals surface area (Å²) in [4.78, 5) is 0. The van der Waals surface area contributed by atoms with Crippen molar-refractivity contribution in [1.29, 1.82) is 0 Å². The quantitative estimate of drug-likeness (QED) is 0.595. The van der Waals surface area contributed by atoms with Crippen molar-refractivity contribution in [2.75, 3.05) is 6.54 Å². The van der Waals surface area contributed by atoms with Gasteiger partial charge in [-0.1, -0.05) is 18.6 Å². The van der Waals surface area contributed by atoms with Crippen LogP contribution in [0.4, 0.5) is 0 Å². The van der Waals surface area contributed by atoms with E-state index in [1.165, 1.54) is 18.4 Å². The average Bonchev–Trinajstić information content (AvgIpc) is 2.64. The molecular weight excluding hydrogens is 122 g/mol. The summed E-state index contributed by atoms with van der Waals surface area (Å²) >= 11 is 0.